The van der Waals surface area contributed by atoms with Crippen molar-refractivity contribution in [3.63, 3.8) is 0 Å². The molecule has 3 rings (SSSR count). The molecule has 0 saturated carbocycles. The lowest BCUT2D eigenvalue weighted by Gasteiger charge is -2.26. The van der Waals surface area contributed by atoms with Gasteiger partial charge < -0.3 is 5.73 Å². The predicted molar refractivity (Wildman–Crippen MR) is 102 cm³/mol. The molecule has 1 fully saturated rings. The molecule has 13 heteroatoms. The molecule has 2 N–H and O–H groups in total. The quantitative estimate of drug-likeness (QED) is 0.703. The van der Waals surface area contributed by atoms with Gasteiger partial charge in [-0.15, -0.1) is 5.10 Å². The number of hydrogen-bond donors (Lipinski definition) is 1. The summed E-state index contributed by atoms with van der Waals surface area (Å²) in [5, 5.41) is 12.8. The third-order valence-electron chi connectivity index (χ3n) is 4.48. The van der Waals surface area contributed by atoms with Gasteiger partial charge in [-0.1, -0.05) is 13.8 Å². The van der Waals surface area contributed by atoms with Gasteiger partial charge in [0.05, 0.1) is 29.2 Å². The minimum absolute atomic E-state index is 0.0405. The van der Waals surface area contributed by atoms with Crippen molar-refractivity contribution in [2.24, 2.45) is 0 Å². The highest BCUT2D eigenvalue weighted by Crippen LogP contribution is 2.39. The Hall–Kier alpha value is -2.46. The third kappa shape index (κ3) is 5.17. The van der Waals surface area contributed by atoms with E-state index in [4.69, 9.17) is 11.0 Å². The van der Waals surface area contributed by atoms with Crippen molar-refractivity contribution in [3.05, 3.63) is 23.0 Å². The van der Waals surface area contributed by atoms with Crippen LogP contribution >= 0.6 is 0 Å². The van der Waals surface area contributed by atoms with E-state index in [0.717, 1.165) is 17.0 Å². The Bertz CT molecular complexity index is 1060. The fraction of sp³-hybridized carbons (Fsp3) is 0.588. The van der Waals surface area contributed by atoms with Gasteiger partial charge in [0.1, 0.15) is 17.8 Å². The van der Waals surface area contributed by atoms with Crippen LogP contribution in [-0.2, 0) is 16.2 Å². The minimum Gasteiger partial charge on any atom is -0.367 e. The Balaban J connectivity index is 0.000000248. The van der Waals surface area contributed by atoms with Crippen molar-refractivity contribution < 1.29 is 26.0 Å². The van der Waals surface area contributed by atoms with Crippen LogP contribution in [0, 0.1) is 11.3 Å². The van der Waals surface area contributed by atoms with Gasteiger partial charge >= 0.3 is 6.18 Å². The lowest BCUT2D eigenvalue weighted by molar-refractivity contribution is -0.136. The van der Waals surface area contributed by atoms with Crippen LogP contribution in [0.2, 0.25) is 0 Å². The summed E-state index contributed by atoms with van der Waals surface area (Å²) in [6, 6.07) is 1.61. The van der Waals surface area contributed by atoms with Crippen LogP contribution < -0.4 is 5.73 Å². The molecule has 1 aliphatic heterocycles. The van der Waals surface area contributed by atoms with Crippen molar-refractivity contribution in [3.8, 4) is 6.07 Å². The van der Waals surface area contributed by atoms with Crippen molar-refractivity contribution in [1.82, 2.24) is 18.9 Å². The Morgan fingerprint density at radius 3 is 2.43 bits per heavy atom. The number of sulfonamides is 1. The molecule has 3 heterocycles. The van der Waals surface area contributed by atoms with E-state index in [1.165, 1.54) is 4.31 Å². The van der Waals surface area contributed by atoms with Gasteiger partial charge in [-0.2, -0.15) is 22.7 Å². The minimum atomic E-state index is -4.65. The summed E-state index contributed by atoms with van der Waals surface area (Å²) in [6.07, 6.45) is -2.40. The number of piperidine rings is 1. The topological polar surface area (TPSA) is 117 Å². The number of aromatic nitrogens is 3. The Morgan fingerprint density at radius 2 is 2.00 bits per heavy atom. The van der Waals surface area contributed by atoms with Crippen LogP contribution in [0.4, 0.5) is 23.5 Å². The Kier molecular flexibility index (Phi) is 6.93. The highest BCUT2D eigenvalue weighted by Gasteiger charge is 2.40. The molecule has 166 valence electrons. The smallest absolute Gasteiger partial charge is 0.367 e. The number of hydrogen-bond acceptors (Lipinski definition) is 6. The van der Waals surface area contributed by atoms with Crippen molar-refractivity contribution >= 4 is 21.5 Å². The standard InChI is InChI=1S/C11H10F3N5.C6H12FNO2S/c1-5(2)9-6(3-15)8(11(12,13)14)7-4-17-10(16)18-19(7)9;1-11(9,10)8-4-2-3-6(7)5-8/h4-5H,1-2H3,(H2,16,18);6H,2-5H2,1H3. The average molecular weight is 450 g/mol. The molecule has 0 spiro atoms. The lowest BCUT2D eigenvalue weighted by atomic mass is 10.0. The van der Waals surface area contributed by atoms with E-state index >= 15 is 0 Å². The number of nitrogen functional groups attached to an aromatic ring is 1. The van der Waals surface area contributed by atoms with Gasteiger partial charge in [0.2, 0.25) is 16.0 Å². The zero-order valence-corrected chi connectivity index (χ0v) is 17.4. The number of nitrogens with zero attached hydrogens (tertiary/aromatic N) is 5. The number of alkyl halides is 4. The number of anilines is 1. The number of nitriles is 1. The van der Waals surface area contributed by atoms with E-state index in [-0.39, 0.29) is 29.6 Å². The number of halogens is 4. The molecule has 1 atom stereocenters. The maximum Gasteiger partial charge on any atom is 0.419 e. The molecule has 0 amide bonds. The summed E-state index contributed by atoms with van der Waals surface area (Å²) in [5.41, 5.74) is 3.87. The van der Waals surface area contributed by atoms with Crippen LogP contribution in [0.15, 0.2) is 6.20 Å². The second-order valence-corrected chi connectivity index (χ2v) is 9.16. The summed E-state index contributed by atoms with van der Waals surface area (Å²) in [4.78, 5) is 3.57. The van der Waals surface area contributed by atoms with Gasteiger partial charge in [0, 0.05) is 13.1 Å². The molecule has 1 unspecified atom stereocenters. The molecule has 30 heavy (non-hydrogen) atoms. The van der Waals surface area contributed by atoms with Crippen LogP contribution in [0.25, 0.3) is 5.52 Å². The van der Waals surface area contributed by atoms with Gasteiger partial charge in [-0.3, -0.25) is 0 Å². The van der Waals surface area contributed by atoms with Crippen LogP contribution in [0.3, 0.4) is 0 Å². The largest absolute Gasteiger partial charge is 0.419 e. The molecule has 8 nitrogen and oxygen atoms in total. The summed E-state index contributed by atoms with van der Waals surface area (Å²) >= 11 is 0. The molecule has 2 aromatic rings. The van der Waals surface area contributed by atoms with E-state index in [1.54, 1.807) is 19.9 Å². The number of nitrogens with two attached hydrogens (primary N) is 1. The van der Waals surface area contributed by atoms with Crippen molar-refractivity contribution in [2.45, 2.75) is 45.0 Å². The first-order valence-electron chi connectivity index (χ1n) is 9.01. The third-order valence-corrected chi connectivity index (χ3v) is 5.75. The first-order chi connectivity index (χ1) is 13.8. The molecule has 2 aromatic heterocycles. The highest BCUT2D eigenvalue weighted by molar-refractivity contribution is 7.88. The van der Waals surface area contributed by atoms with E-state index in [9.17, 15) is 26.0 Å². The maximum absolute atomic E-state index is 13.1. The average Bonchev–Trinajstić information content (AvgIpc) is 2.95. The first kappa shape index (κ1) is 23.8. The van der Waals surface area contributed by atoms with E-state index in [1.807, 2.05) is 0 Å². The molecule has 0 radical (unpaired) electrons. The van der Waals surface area contributed by atoms with E-state index in [2.05, 4.69) is 10.1 Å². The zero-order chi connectivity index (χ0) is 22.9. The molecule has 0 aliphatic carbocycles. The first-order valence-corrected chi connectivity index (χ1v) is 10.9. The van der Waals surface area contributed by atoms with Crippen LogP contribution in [-0.4, -0.2) is 52.8 Å². The summed E-state index contributed by atoms with van der Waals surface area (Å²) in [6.45, 7) is 3.88. The van der Waals surface area contributed by atoms with Gasteiger partial charge in [0.15, 0.2) is 0 Å². The molecule has 0 aromatic carbocycles. The SMILES string of the molecule is CC(C)c1c(C#N)c(C(F)(F)F)c2cnc(N)nn12.CS(=O)(=O)N1CCCC(F)C1. The van der Waals surface area contributed by atoms with Crippen LogP contribution in [0.1, 0.15) is 49.4 Å². The van der Waals surface area contributed by atoms with E-state index in [0.29, 0.717) is 19.4 Å². The Labute approximate surface area is 171 Å². The summed E-state index contributed by atoms with van der Waals surface area (Å²) < 4.78 is 76.0. The Morgan fingerprint density at radius 1 is 1.37 bits per heavy atom. The number of fused-ring (bicyclic) bond motifs is 1. The van der Waals surface area contributed by atoms with Gasteiger partial charge in [0.25, 0.3) is 0 Å². The molecule has 1 aliphatic rings. The molecular formula is C17H22F4N6O2S. The molecule has 1 saturated heterocycles. The fourth-order valence-electron chi connectivity index (χ4n) is 3.21. The normalized spacial score (nSPS) is 18.2. The maximum atomic E-state index is 13.1. The lowest BCUT2D eigenvalue weighted by Crippen LogP contribution is -2.39. The highest BCUT2D eigenvalue weighted by atomic mass is 32.2. The second-order valence-electron chi connectivity index (χ2n) is 7.17. The van der Waals surface area contributed by atoms with Gasteiger partial charge in [-0.25, -0.2) is 22.3 Å². The number of rotatable bonds is 2. The van der Waals surface area contributed by atoms with Crippen molar-refractivity contribution in [1.29, 1.82) is 5.26 Å². The van der Waals surface area contributed by atoms with Gasteiger partial charge in [-0.05, 0) is 18.8 Å². The monoisotopic (exact) mass is 450 g/mol. The second kappa shape index (κ2) is 8.73. The summed E-state index contributed by atoms with van der Waals surface area (Å²) in [5.74, 6) is -0.463. The zero-order valence-electron chi connectivity index (χ0n) is 16.6. The fourth-order valence-corrected chi connectivity index (χ4v) is 4.10. The van der Waals surface area contributed by atoms with E-state index < -0.39 is 33.5 Å². The van der Waals surface area contributed by atoms with Crippen LogP contribution in [0.5, 0.6) is 0 Å². The molecular weight excluding hydrogens is 428 g/mol. The predicted octanol–water partition coefficient (Wildman–Crippen LogP) is 2.71. The van der Waals surface area contributed by atoms with Crippen molar-refractivity contribution in [2.75, 3.05) is 25.1 Å². The summed E-state index contributed by atoms with van der Waals surface area (Å²) in [7, 11) is -3.17. The molecule has 0 bridgehead atoms.